The van der Waals surface area contributed by atoms with Gasteiger partial charge in [-0.05, 0) is 12.1 Å². The maximum absolute atomic E-state index is 12.6. The largest absolute Gasteiger partial charge is 0.504 e. The molecule has 3 nitrogen and oxygen atoms in total. The molecule has 76 valence electrons. The summed E-state index contributed by atoms with van der Waals surface area (Å²) in [6.45, 7) is 0. The number of rotatable bonds is 0. The molecule has 1 aliphatic rings. The number of hydrogen-bond acceptors (Lipinski definition) is 3. The van der Waals surface area contributed by atoms with Crippen molar-refractivity contribution in [3.63, 3.8) is 0 Å². The minimum Gasteiger partial charge on any atom is -0.504 e. The third kappa shape index (κ3) is 1.23. The summed E-state index contributed by atoms with van der Waals surface area (Å²) in [5.74, 6) is -1.24. The van der Waals surface area contributed by atoms with Crippen LogP contribution in [0, 0.1) is 0 Å². The Morgan fingerprint density at radius 2 is 2.07 bits per heavy atom. The number of phenolic OH excluding ortho intramolecular Hbond substituents is 1. The van der Waals surface area contributed by atoms with Gasteiger partial charge in [-0.2, -0.15) is 13.2 Å². The Morgan fingerprint density at radius 1 is 1.36 bits per heavy atom. The lowest BCUT2D eigenvalue weighted by atomic mass is 10.3. The summed E-state index contributed by atoms with van der Waals surface area (Å²) in [4.78, 5) is 0. The molecule has 2 rings (SSSR count). The average Bonchev–Trinajstić information content (AvgIpc) is 2.08. The summed E-state index contributed by atoms with van der Waals surface area (Å²) in [7, 11) is 0. The van der Waals surface area contributed by atoms with Crippen molar-refractivity contribution < 1.29 is 27.8 Å². The van der Waals surface area contributed by atoms with Crippen LogP contribution in [0.25, 0.3) is 0 Å². The van der Waals surface area contributed by atoms with Crippen molar-refractivity contribution in [2.75, 3.05) is 0 Å². The lowest BCUT2D eigenvalue weighted by Crippen LogP contribution is -2.43. The zero-order valence-corrected chi connectivity index (χ0v) is 6.71. The highest BCUT2D eigenvalue weighted by Gasteiger charge is 2.50. The van der Waals surface area contributed by atoms with E-state index >= 15 is 0 Å². The summed E-state index contributed by atoms with van der Waals surface area (Å²) in [6.07, 6.45) is -6.94. The number of hydrogen-bond donors (Lipinski definition) is 1. The van der Waals surface area contributed by atoms with Gasteiger partial charge in [0, 0.05) is 0 Å². The monoisotopic (exact) mass is 206 g/mol. The van der Waals surface area contributed by atoms with Gasteiger partial charge in [0.15, 0.2) is 11.5 Å². The minimum absolute atomic E-state index is 0.385. The fraction of sp³-hybridized carbons (Fsp3) is 0.250. The molecule has 0 spiro atoms. The van der Waals surface area contributed by atoms with E-state index in [1.165, 1.54) is 12.1 Å². The molecule has 0 amide bonds. The van der Waals surface area contributed by atoms with Crippen LogP contribution in [0.5, 0.6) is 17.2 Å². The second kappa shape index (κ2) is 2.70. The third-order valence-electron chi connectivity index (χ3n) is 1.69. The van der Waals surface area contributed by atoms with Gasteiger partial charge in [0.05, 0.1) is 0 Å². The number of benzene rings is 1. The van der Waals surface area contributed by atoms with Gasteiger partial charge in [0.2, 0.25) is 5.75 Å². The topological polar surface area (TPSA) is 38.7 Å². The zero-order valence-electron chi connectivity index (χ0n) is 6.71. The maximum atomic E-state index is 12.6. The van der Waals surface area contributed by atoms with E-state index in [0.29, 0.717) is 0 Å². The fourth-order valence-corrected chi connectivity index (χ4v) is 1.07. The molecule has 0 radical (unpaired) electrons. The Balaban J connectivity index is 2.45. The van der Waals surface area contributed by atoms with Crippen molar-refractivity contribution in [2.24, 2.45) is 0 Å². The number of halogens is 3. The SMILES string of the molecule is Oc1cccc2c1O[C@H](F)C(F)(F)O2. The van der Waals surface area contributed by atoms with Crippen LogP contribution in [0.1, 0.15) is 0 Å². The summed E-state index contributed by atoms with van der Waals surface area (Å²) in [5, 5.41) is 9.13. The van der Waals surface area contributed by atoms with E-state index in [9.17, 15) is 13.2 Å². The van der Waals surface area contributed by atoms with Crippen LogP contribution in [0.15, 0.2) is 18.2 Å². The van der Waals surface area contributed by atoms with Crippen molar-refractivity contribution in [3.8, 4) is 17.2 Å². The fourth-order valence-electron chi connectivity index (χ4n) is 1.07. The van der Waals surface area contributed by atoms with Crippen molar-refractivity contribution in [2.45, 2.75) is 12.5 Å². The van der Waals surface area contributed by atoms with Crippen molar-refractivity contribution in [1.29, 1.82) is 0 Å². The predicted octanol–water partition coefficient (Wildman–Crippen LogP) is 2.05. The van der Waals surface area contributed by atoms with Crippen LogP contribution in [0.2, 0.25) is 0 Å². The van der Waals surface area contributed by atoms with E-state index in [-0.39, 0.29) is 5.75 Å². The van der Waals surface area contributed by atoms with Crippen molar-refractivity contribution in [1.82, 2.24) is 0 Å². The van der Waals surface area contributed by atoms with Crippen molar-refractivity contribution in [3.05, 3.63) is 18.2 Å². The summed E-state index contributed by atoms with van der Waals surface area (Å²) < 4.78 is 46.0. The number of para-hydroxylation sites is 1. The summed E-state index contributed by atoms with van der Waals surface area (Å²) in [5.41, 5.74) is 0. The minimum atomic E-state index is -4.03. The number of ether oxygens (including phenoxy) is 2. The second-order valence-electron chi connectivity index (χ2n) is 2.70. The van der Waals surface area contributed by atoms with E-state index in [2.05, 4.69) is 9.47 Å². The van der Waals surface area contributed by atoms with Crippen LogP contribution in [-0.2, 0) is 0 Å². The second-order valence-corrected chi connectivity index (χ2v) is 2.70. The van der Waals surface area contributed by atoms with E-state index in [1.54, 1.807) is 0 Å². The lowest BCUT2D eigenvalue weighted by molar-refractivity contribution is -0.281. The van der Waals surface area contributed by atoms with Crippen LogP contribution in [-0.4, -0.2) is 17.6 Å². The quantitative estimate of drug-likeness (QED) is 0.706. The standard InChI is InChI=1S/C8H5F3O3/c9-7-8(10,11)14-5-3-1-2-4(12)6(5)13-7/h1-3,7,12H/t7-/m0/s1. The molecule has 0 saturated heterocycles. The molecule has 1 N–H and O–H groups in total. The Morgan fingerprint density at radius 3 is 2.79 bits per heavy atom. The Kier molecular flexibility index (Phi) is 1.73. The molecule has 0 aliphatic carbocycles. The van der Waals surface area contributed by atoms with Gasteiger partial charge in [-0.15, -0.1) is 0 Å². The van der Waals surface area contributed by atoms with E-state index in [0.717, 1.165) is 6.07 Å². The van der Waals surface area contributed by atoms with Gasteiger partial charge in [0.25, 0.3) is 0 Å². The highest BCUT2D eigenvalue weighted by atomic mass is 19.3. The third-order valence-corrected chi connectivity index (χ3v) is 1.69. The van der Waals surface area contributed by atoms with Gasteiger partial charge >= 0.3 is 12.5 Å². The number of alkyl halides is 3. The van der Waals surface area contributed by atoms with E-state index < -0.39 is 24.0 Å². The lowest BCUT2D eigenvalue weighted by Gasteiger charge is -2.28. The summed E-state index contributed by atoms with van der Waals surface area (Å²) in [6, 6.07) is 3.61. The number of fused-ring (bicyclic) bond motifs is 1. The zero-order chi connectivity index (χ0) is 10.3. The maximum Gasteiger partial charge on any atom is 0.468 e. The van der Waals surface area contributed by atoms with Crippen molar-refractivity contribution >= 4 is 0 Å². The smallest absolute Gasteiger partial charge is 0.468 e. The normalized spacial score (nSPS) is 23.2. The Labute approximate surface area is 76.7 Å². The predicted molar refractivity (Wildman–Crippen MR) is 39.2 cm³/mol. The van der Waals surface area contributed by atoms with Gasteiger partial charge in [-0.25, -0.2) is 0 Å². The molecule has 1 atom stereocenters. The number of phenols is 1. The molecule has 14 heavy (non-hydrogen) atoms. The molecule has 0 bridgehead atoms. The first-order valence-electron chi connectivity index (χ1n) is 3.70. The van der Waals surface area contributed by atoms with Crippen LogP contribution >= 0.6 is 0 Å². The van der Waals surface area contributed by atoms with E-state index in [4.69, 9.17) is 5.11 Å². The Bertz CT molecular complexity index is 367. The molecule has 1 aromatic rings. The molecule has 6 heteroatoms. The van der Waals surface area contributed by atoms with Gasteiger partial charge in [-0.3, -0.25) is 0 Å². The Hall–Kier alpha value is -1.59. The molecular weight excluding hydrogens is 201 g/mol. The van der Waals surface area contributed by atoms with Crippen LogP contribution in [0.4, 0.5) is 13.2 Å². The highest BCUT2D eigenvalue weighted by Crippen LogP contribution is 2.45. The summed E-state index contributed by atoms with van der Waals surface area (Å²) >= 11 is 0. The molecule has 0 saturated carbocycles. The first kappa shape index (κ1) is 8.98. The average molecular weight is 206 g/mol. The molecular formula is C8H5F3O3. The van der Waals surface area contributed by atoms with Crippen LogP contribution in [0.3, 0.4) is 0 Å². The number of aromatic hydroxyl groups is 1. The van der Waals surface area contributed by atoms with Gasteiger partial charge in [0.1, 0.15) is 0 Å². The first-order chi connectivity index (χ1) is 6.50. The van der Waals surface area contributed by atoms with E-state index in [1.807, 2.05) is 0 Å². The molecule has 0 aromatic heterocycles. The van der Waals surface area contributed by atoms with Gasteiger partial charge in [-0.1, -0.05) is 6.07 Å². The molecule has 0 fully saturated rings. The van der Waals surface area contributed by atoms with Crippen LogP contribution < -0.4 is 9.47 Å². The molecule has 1 aromatic carbocycles. The highest BCUT2D eigenvalue weighted by molar-refractivity contribution is 5.51. The van der Waals surface area contributed by atoms with Gasteiger partial charge < -0.3 is 14.6 Å². The molecule has 0 unspecified atom stereocenters. The molecule has 1 aliphatic heterocycles. The first-order valence-corrected chi connectivity index (χ1v) is 3.70. The molecule has 1 heterocycles.